The molecule has 2 heterocycles. The van der Waals surface area contributed by atoms with Gasteiger partial charge < -0.3 is 11.1 Å². The van der Waals surface area contributed by atoms with E-state index in [0.717, 1.165) is 19.6 Å². The van der Waals surface area contributed by atoms with Crippen molar-refractivity contribution in [1.82, 2.24) is 9.88 Å². The van der Waals surface area contributed by atoms with Crippen LogP contribution in [-0.4, -0.2) is 40.5 Å². The molecule has 2 rings (SSSR count). The average Bonchev–Trinajstić information content (AvgIpc) is 2.83. The van der Waals surface area contributed by atoms with E-state index in [4.69, 9.17) is 5.73 Å². The molecule has 0 aliphatic carbocycles. The Morgan fingerprint density at radius 3 is 3.05 bits per heavy atom. The molecule has 1 fully saturated rings. The Balaban J connectivity index is 1.96. The predicted octanol–water partition coefficient (Wildman–Crippen LogP) is 1.47. The molecule has 1 atom stereocenters. The van der Waals surface area contributed by atoms with Gasteiger partial charge in [-0.05, 0) is 32.0 Å². The monoisotopic (exact) mass is 265 g/mol. The van der Waals surface area contributed by atoms with Crippen LogP contribution in [0.5, 0.6) is 0 Å². The first-order chi connectivity index (χ1) is 9.11. The standard InChI is InChI=1S/C12H19N5O2/c1-2-16-7-3-4-9(16)8-14-11-6-5-10(17(18)19)12(13)15-11/h5-6,9H,2-4,7-8H2,1H3,(H3,13,14,15). The highest BCUT2D eigenvalue weighted by atomic mass is 16.6. The van der Waals surface area contributed by atoms with E-state index in [0.29, 0.717) is 11.9 Å². The molecule has 104 valence electrons. The summed E-state index contributed by atoms with van der Waals surface area (Å²) in [7, 11) is 0. The van der Waals surface area contributed by atoms with Gasteiger partial charge in [0.05, 0.1) is 4.92 Å². The van der Waals surface area contributed by atoms with Crippen LogP contribution in [0.2, 0.25) is 0 Å². The molecule has 1 aromatic heterocycles. The lowest BCUT2D eigenvalue weighted by molar-refractivity contribution is -0.384. The second kappa shape index (κ2) is 5.83. The number of anilines is 2. The molecule has 0 bridgehead atoms. The van der Waals surface area contributed by atoms with Crippen molar-refractivity contribution >= 4 is 17.3 Å². The van der Waals surface area contributed by atoms with Gasteiger partial charge in [0.25, 0.3) is 0 Å². The van der Waals surface area contributed by atoms with E-state index < -0.39 is 4.92 Å². The van der Waals surface area contributed by atoms with E-state index in [-0.39, 0.29) is 11.5 Å². The maximum absolute atomic E-state index is 10.6. The predicted molar refractivity (Wildman–Crippen MR) is 74.1 cm³/mol. The molecular formula is C12H19N5O2. The lowest BCUT2D eigenvalue weighted by atomic mass is 10.2. The number of nitrogens with zero attached hydrogens (tertiary/aromatic N) is 3. The Bertz CT molecular complexity index is 465. The SMILES string of the molecule is CCN1CCCC1CNc1ccc([N+](=O)[O-])c(N)n1. The molecule has 1 saturated heterocycles. The van der Waals surface area contributed by atoms with E-state index in [1.807, 2.05) is 0 Å². The van der Waals surface area contributed by atoms with Crippen LogP contribution in [0.15, 0.2) is 12.1 Å². The lowest BCUT2D eigenvalue weighted by Crippen LogP contribution is -2.34. The highest BCUT2D eigenvalue weighted by molar-refractivity contribution is 5.57. The lowest BCUT2D eigenvalue weighted by Gasteiger charge is -2.23. The smallest absolute Gasteiger partial charge is 0.311 e. The molecule has 1 aliphatic heterocycles. The number of rotatable bonds is 5. The molecule has 7 nitrogen and oxygen atoms in total. The number of nitrogens with two attached hydrogens (primary N) is 1. The van der Waals surface area contributed by atoms with Crippen LogP contribution in [0.25, 0.3) is 0 Å². The fraction of sp³-hybridized carbons (Fsp3) is 0.583. The van der Waals surface area contributed by atoms with Crippen LogP contribution in [0.4, 0.5) is 17.3 Å². The maximum atomic E-state index is 10.6. The van der Waals surface area contributed by atoms with Crippen LogP contribution in [0.3, 0.4) is 0 Å². The van der Waals surface area contributed by atoms with E-state index >= 15 is 0 Å². The molecule has 0 aromatic carbocycles. The van der Waals surface area contributed by atoms with Gasteiger partial charge in [0, 0.05) is 18.7 Å². The van der Waals surface area contributed by atoms with Gasteiger partial charge in [-0.15, -0.1) is 0 Å². The first-order valence-electron chi connectivity index (χ1n) is 6.50. The van der Waals surface area contributed by atoms with Crippen molar-refractivity contribution in [1.29, 1.82) is 0 Å². The number of nitrogen functional groups attached to an aromatic ring is 1. The topological polar surface area (TPSA) is 97.3 Å². The number of likely N-dealkylation sites (N-methyl/N-ethyl adjacent to an activating group) is 1. The van der Waals surface area contributed by atoms with Crippen molar-refractivity contribution in [3.05, 3.63) is 22.2 Å². The van der Waals surface area contributed by atoms with Gasteiger partial charge in [-0.2, -0.15) is 0 Å². The molecule has 0 spiro atoms. The molecule has 0 amide bonds. The summed E-state index contributed by atoms with van der Waals surface area (Å²) in [5.74, 6) is 0.542. The Morgan fingerprint density at radius 2 is 2.42 bits per heavy atom. The third-order valence-corrected chi connectivity index (χ3v) is 3.52. The normalized spacial score (nSPS) is 19.5. The third-order valence-electron chi connectivity index (χ3n) is 3.52. The minimum absolute atomic E-state index is 0.0474. The summed E-state index contributed by atoms with van der Waals surface area (Å²) in [5.41, 5.74) is 5.41. The Morgan fingerprint density at radius 1 is 1.63 bits per heavy atom. The van der Waals surface area contributed by atoms with Crippen molar-refractivity contribution in [3.8, 4) is 0 Å². The first-order valence-corrected chi connectivity index (χ1v) is 6.50. The molecule has 7 heteroatoms. The van der Waals surface area contributed by atoms with Gasteiger partial charge in [0.15, 0.2) is 0 Å². The highest BCUT2D eigenvalue weighted by Crippen LogP contribution is 2.22. The van der Waals surface area contributed by atoms with Crippen LogP contribution in [0.1, 0.15) is 19.8 Å². The van der Waals surface area contributed by atoms with E-state index in [2.05, 4.69) is 22.1 Å². The summed E-state index contributed by atoms with van der Waals surface area (Å²) < 4.78 is 0. The zero-order chi connectivity index (χ0) is 13.8. The number of aromatic nitrogens is 1. The van der Waals surface area contributed by atoms with Gasteiger partial charge in [-0.25, -0.2) is 4.98 Å². The summed E-state index contributed by atoms with van der Waals surface area (Å²) in [5, 5.41) is 13.8. The second-order valence-electron chi connectivity index (χ2n) is 4.66. The van der Waals surface area contributed by atoms with Crippen LogP contribution in [-0.2, 0) is 0 Å². The number of nitro groups is 1. The van der Waals surface area contributed by atoms with Crippen LogP contribution >= 0.6 is 0 Å². The van der Waals surface area contributed by atoms with Crippen molar-refractivity contribution < 1.29 is 4.92 Å². The zero-order valence-electron chi connectivity index (χ0n) is 11.0. The number of likely N-dealkylation sites (tertiary alicyclic amines) is 1. The quantitative estimate of drug-likeness (QED) is 0.618. The Kier molecular flexibility index (Phi) is 4.16. The van der Waals surface area contributed by atoms with Crippen LogP contribution < -0.4 is 11.1 Å². The Hall–Kier alpha value is -1.89. The maximum Gasteiger partial charge on any atom is 0.311 e. The largest absolute Gasteiger partial charge is 0.378 e. The van der Waals surface area contributed by atoms with Gasteiger partial charge in [0.2, 0.25) is 5.82 Å². The van der Waals surface area contributed by atoms with Gasteiger partial charge in [-0.1, -0.05) is 6.92 Å². The van der Waals surface area contributed by atoms with Gasteiger partial charge >= 0.3 is 5.69 Å². The van der Waals surface area contributed by atoms with Gasteiger partial charge in [0.1, 0.15) is 5.82 Å². The summed E-state index contributed by atoms with van der Waals surface area (Å²) >= 11 is 0. The van der Waals surface area contributed by atoms with Crippen molar-refractivity contribution in [2.45, 2.75) is 25.8 Å². The third kappa shape index (κ3) is 3.11. The Labute approximate surface area is 112 Å². The van der Waals surface area contributed by atoms with Crippen molar-refractivity contribution in [3.63, 3.8) is 0 Å². The zero-order valence-corrected chi connectivity index (χ0v) is 11.0. The number of pyridine rings is 1. The van der Waals surface area contributed by atoms with E-state index in [1.165, 1.54) is 18.9 Å². The summed E-state index contributed by atoms with van der Waals surface area (Å²) in [6, 6.07) is 3.49. The highest BCUT2D eigenvalue weighted by Gasteiger charge is 2.22. The minimum Gasteiger partial charge on any atom is -0.378 e. The van der Waals surface area contributed by atoms with E-state index in [9.17, 15) is 10.1 Å². The summed E-state index contributed by atoms with van der Waals surface area (Å²) in [6.45, 7) is 5.12. The number of hydrogen-bond donors (Lipinski definition) is 2. The minimum atomic E-state index is -0.526. The number of nitrogens with one attached hydrogen (secondary N) is 1. The fourth-order valence-electron chi connectivity index (χ4n) is 2.49. The molecule has 1 unspecified atom stereocenters. The molecule has 3 N–H and O–H groups in total. The average molecular weight is 265 g/mol. The second-order valence-corrected chi connectivity index (χ2v) is 4.66. The molecule has 19 heavy (non-hydrogen) atoms. The molecule has 1 aromatic rings. The first kappa shape index (κ1) is 13.5. The van der Waals surface area contributed by atoms with Gasteiger partial charge in [-0.3, -0.25) is 15.0 Å². The van der Waals surface area contributed by atoms with Crippen LogP contribution in [0, 0.1) is 10.1 Å². The number of hydrogen-bond acceptors (Lipinski definition) is 6. The fourth-order valence-corrected chi connectivity index (χ4v) is 2.49. The summed E-state index contributed by atoms with van der Waals surface area (Å²) in [4.78, 5) is 16.5. The summed E-state index contributed by atoms with van der Waals surface area (Å²) in [6.07, 6.45) is 2.39. The van der Waals surface area contributed by atoms with Crippen molar-refractivity contribution in [2.75, 3.05) is 30.7 Å². The molecule has 0 radical (unpaired) electrons. The van der Waals surface area contributed by atoms with E-state index in [1.54, 1.807) is 6.07 Å². The van der Waals surface area contributed by atoms with Crippen molar-refractivity contribution in [2.24, 2.45) is 0 Å². The molecule has 0 saturated carbocycles. The molecular weight excluding hydrogens is 246 g/mol. The molecule has 1 aliphatic rings.